The predicted octanol–water partition coefficient (Wildman–Crippen LogP) is 1.64. The minimum Gasteiger partial charge on any atom is -0.469 e. The normalized spacial score (nSPS) is 25.6. The standard InChI is InChI=1S/C15H20N2O3/c16-14(18)9-17(10-4-1-2-5-10)15(19)12-8-11(12)13-6-3-7-20-13/h3,6-7,10-12H,1-2,4-5,8-9H2,(H2,16,18)/t11-,12-/m1/s1. The summed E-state index contributed by atoms with van der Waals surface area (Å²) in [6.45, 7) is 0.0465. The molecule has 1 heterocycles. The maximum Gasteiger partial charge on any atom is 0.237 e. The van der Waals surface area contributed by atoms with Crippen molar-refractivity contribution in [3.63, 3.8) is 0 Å². The van der Waals surface area contributed by atoms with E-state index in [0.29, 0.717) is 0 Å². The van der Waals surface area contributed by atoms with E-state index in [2.05, 4.69) is 0 Å². The molecule has 108 valence electrons. The van der Waals surface area contributed by atoms with Crippen molar-refractivity contribution in [2.75, 3.05) is 6.54 Å². The SMILES string of the molecule is NC(=O)CN(C(=O)[C@@H]1C[C@H]1c1ccco1)C1CCCC1. The third-order valence-corrected chi connectivity index (χ3v) is 4.39. The Labute approximate surface area is 118 Å². The number of hydrogen-bond acceptors (Lipinski definition) is 3. The molecular formula is C15H20N2O3. The molecule has 3 rings (SSSR count). The lowest BCUT2D eigenvalue weighted by Crippen LogP contribution is -2.45. The molecule has 2 fully saturated rings. The molecule has 1 aromatic heterocycles. The Kier molecular flexibility index (Phi) is 3.51. The van der Waals surface area contributed by atoms with E-state index in [-0.39, 0.29) is 30.3 Å². The van der Waals surface area contributed by atoms with E-state index in [1.54, 1.807) is 11.2 Å². The van der Waals surface area contributed by atoms with Crippen molar-refractivity contribution in [3.05, 3.63) is 24.2 Å². The zero-order valence-corrected chi connectivity index (χ0v) is 11.5. The minimum absolute atomic E-state index is 0.0406. The number of carbonyl (C=O) groups is 2. The van der Waals surface area contributed by atoms with Crippen molar-refractivity contribution in [2.24, 2.45) is 11.7 Å². The average molecular weight is 276 g/mol. The van der Waals surface area contributed by atoms with Crippen molar-refractivity contribution in [1.82, 2.24) is 4.90 Å². The summed E-state index contributed by atoms with van der Waals surface area (Å²) >= 11 is 0. The molecule has 20 heavy (non-hydrogen) atoms. The lowest BCUT2D eigenvalue weighted by Gasteiger charge is -2.28. The number of primary amides is 1. The topological polar surface area (TPSA) is 76.5 Å². The van der Waals surface area contributed by atoms with Crippen LogP contribution in [-0.2, 0) is 9.59 Å². The van der Waals surface area contributed by atoms with E-state index < -0.39 is 5.91 Å². The van der Waals surface area contributed by atoms with Gasteiger partial charge in [-0.05, 0) is 31.4 Å². The lowest BCUT2D eigenvalue weighted by molar-refractivity contribution is -0.138. The summed E-state index contributed by atoms with van der Waals surface area (Å²) in [5.74, 6) is 0.640. The Hall–Kier alpha value is -1.78. The van der Waals surface area contributed by atoms with Crippen molar-refractivity contribution < 1.29 is 14.0 Å². The molecule has 0 aromatic carbocycles. The fourth-order valence-corrected chi connectivity index (χ4v) is 3.27. The molecule has 2 aliphatic carbocycles. The first-order chi connectivity index (χ1) is 9.66. The fourth-order valence-electron chi connectivity index (χ4n) is 3.27. The molecule has 0 aliphatic heterocycles. The quantitative estimate of drug-likeness (QED) is 0.888. The first-order valence-corrected chi connectivity index (χ1v) is 7.29. The molecule has 2 aliphatic rings. The van der Waals surface area contributed by atoms with Crippen molar-refractivity contribution in [3.8, 4) is 0 Å². The monoisotopic (exact) mass is 276 g/mol. The second-order valence-electron chi connectivity index (χ2n) is 5.83. The summed E-state index contributed by atoms with van der Waals surface area (Å²) in [6.07, 6.45) is 6.66. The fraction of sp³-hybridized carbons (Fsp3) is 0.600. The van der Waals surface area contributed by atoms with E-state index >= 15 is 0 Å². The van der Waals surface area contributed by atoms with Crippen LogP contribution in [0.5, 0.6) is 0 Å². The van der Waals surface area contributed by atoms with Crippen LogP contribution in [0.4, 0.5) is 0 Å². The van der Waals surface area contributed by atoms with E-state index in [1.165, 1.54) is 0 Å². The number of nitrogens with two attached hydrogens (primary N) is 1. The molecule has 5 nitrogen and oxygen atoms in total. The smallest absolute Gasteiger partial charge is 0.237 e. The van der Waals surface area contributed by atoms with Crippen LogP contribution >= 0.6 is 0 Å². The zero-order valence-electron chi connectivity index (χ0n) is 11.5. The van der Waals surface area contributed by atoms with Gasteiger partial charge in [-0.1, -0.05) is 12.8 Å². The molecule has 0 bridgehead atoms. The Morgan fingerprint density at radius 1 is 1.35 bits per heavy atom. The van der Waals surface area contributed by atoms with Gasteiger partial charge in [-0.3, -0.25) is 9.59 Å². The molecule has 0 spiro atoms. The van der Waals surface area contributed by atoms with Crippen LogP contribution in [0.1, 0.15) is 43.8 Å². The molecular weight excluding hydrogens is 256 g/mol. The summed E-state index contributed by atoms with van der Waals surface area (Å²) in [6, 6.07) is 3.94. The molecule has 0 saturated heterocycles. The van der Waals surface area contributed by atoms with Crippen LogP contribution in [0, 0.1) is 5.92 Å². The Morgan fingerprint density at radius 2 is 2.10 bits per heavy atom. The zero-order chi connectivity index (χ0) is 14.1. The third-order valence-electron chi connectivity index (χ3n) is 4.39. The number of hydrogen-bond donors (Lipinski definition) is 1. The largest absolute Gasteiger partial charge is 0.469 e. The lowest BCUT2D eigenvalue weighted by atomic mass is 10.1. The van der Waals surface area contributed by atoms with E-state index in [9.17, 15) is 9.59 Å². The summed E-state index contributed by atoms with van der Waals surface area (Å²) in [5, 5.41) is 0. The van der Waals surface area contributed by atoms with Gasteiger partial charge in [0.2, 0.25) is 11.8 Å². The van der Waals surface area contributed by atoms with Gasteiger partial charge in [-0.2, -0.15) is 0 Å². The molecule has 1 aromatic rings. The van der Waals surface area contributed by atoms with E-state index in [4.69, 9.17) is 10.2 Å². The molecule has 0 unspecified atom stereocenters. The van der Waals surface area contributed by atoms with Crippen molar-refractivity contribution >= 4 is 11.8 Å². The summed E-state index contributed by atoms with van der Waals surface area (Å²) in [4.78, 5) is 25.6. The Bertz CT molecular complexity index is 491. The average Bonchev–Trinajstić information content (AvgIpc) is 2.87. The highest BCUT2D eigenvalue weighted by molar-refractivity contribution is 5.87. The molecule has 0 radical (unpaired) electrons. The summed E-state index contributed by atoms with van der Waals surface area (Å²) in [5.41, 5.74) is 5.30. The first kappa shape index (κ1) is 13.2. The van der Waals surface area contributed by atoms with Crippen LogP contribution in [-0.4, -0.2) is 29.3 Å². The maximum absolute atomic E-state index is 12.6. The van der Waals surface area contributed by atoms with Crippen LogP contribution in [0.2, 0.25) is 0 Å². The van der Waals surface area contributed by atoms with Crippen LogP contribution in [0.15, 0.2) is 22.8 Å². The summed E-state index contributed by atoms with van der Waals surface area (Å²) in [7, 11) is 0. The third kappa shape index (κ3) is 2.57. The van der Waals surface area contributed by atoms with Gasteiger partial charge in [0, 0.05) is 17.9 Å². The number of rotatable bonds is 5. The van der Waals surface area contributed by atoms with Gasteiger partial charge in [0.25, 0.3) is 0 Å². The molecule has 2 saturated carbocycles. The van der Waals surface area contributed by atoms with Gasteiger partial charge in [-0.15, -0.1) is 0 Å². The first-order valence-electron chi connectivity index (χ1n) is 7.29. The van der Waals surface area contributed by atoms with Gasteiger partial charge in [-0.25, -0.2) is 0 Å². The second-order valence-corrected chi connectivity index (χ2v) is 5.83. The van der Waals surface area contributed by atoms with Gasteiger partial charge in [0.05, 0.1) is 12.8 Å². The van der Waals surface area contributed by atoms with E-state index in [1.807, 2.05) is 12.1 Å². The van der Waals surface area contributed by atoms with Crippen LogP contribution in [0.25, 0.3) is 0 Å². The summed E-state index contributed by atoms with van der Waals surface area (Å²) < 4.78 is 5.36. The second kappa shape index (κ2) is 5.31. The van der Waals surface area contributed by atoms with Gasteiger partial charge in [0.15, 0.2) is 0 Å². The predicted molar refractivity (Wildman–Crippen MR) is 72.7 cm³/mol. The Balaban J connectivity index is 1.68. The maximum atomic E-state index is 12.6. The van der Waals surface area contributed by atoms with Gasteiger partial charge >= 0.3 is 0 Å². The van der Waals surface area contributed by atoms with Gasteiger partial charge in [0.1, 0.15) is 5.76 Å². The number of nitrogens with zero attached hydrogens (tertiary/aromatic N) is 1. The highest BCUT2D eigenvalue weighted by Gasteiger charge is 2.48. The van der Waals surface area contributed by atoms with Crippen molar-refractivity contribution in [2.45, 2.75) is 44.1 Å². The number of furan rings is 1. The van der Waals surface area contributed by atoms with Gasteiger partial charge < -0.3 is 15.1 Å². The highest BCUT2D eigenvalue weighted by atomic mass is 16.3. The van der Waals surface area contributed by atoms with Crippen molar-refractivity contribution in [1.29, 1.82) is 0 Å². The minimum atomic E-state index is -0.430. The van der Waals surface area contributed by atoms with E-state index in [0.717, 1.165) is 37.9 Å². The van der Waals surface area contributed by atoms with Crippen LogP contribution < -0.4 is 5.73 Å². The molecule has 2 atom stereocenters. The molecule has 2 amide bonds. The molecule has 5 heteroatoms. The number of carbonyl (C=O) groups excluding carboxylic acids is 2. The highest BCUT2D eigenvalue weighted by Crippen LogP contribution is 2.49. The number of amides is 2. The van der Waals surface area contributed by atoms with Crippen LogP contribution in [0.3, 0.4) is 0 Å². The Morgan fingerprint density at radius 3 is 2.70 bits per heavy atom. The molecule has 2 N–H and O–H groups in total.